The van der Waals surface area contributed by atoms with Crippen LogP contribution in [0.2, 0.25) is 0 Å². The summed E-state index contributed by atoms with van der Waals surface area (Å²) in [7, 11) is -3.24. The lowest BCUT2D eigenvalue weighted by Crippen LogP contribution is -2.49. The standard InChI is InChI=1S/C32H28N2O7S/c1-41-26-15-12-21(16-27(26)42(38,39)40)30-24-13-10-19-6-2-4-8-22(19)31(24)34(18-28(35)33-17-29(36)37)32-23-9-5-3-7-20(23)11-14-25(30)32/h2-9,12,15-16H,10-11,13-14,17-18H2,1H3,(H2-,33,35,36,37,38,39,40)/p+1. The predicted molar refractivity (Wildman–Crippen MR) is 155 cm³/mol. The van der Waals surface area contributed by atoms with E-state index in [0.29, 0.717) is 18.4 Å². The number of amides is 1. The number of carbonyl (C=O) groups is 2. The first kappa shape index (κ1) is 27.6. The monoisotopic (exact) mass is 585 g/mol. The van der Waals surface area contributed by atoms with Crippen LogP contribution in [0.15, 0.2) is 71.6 Å². The van der Waals surface area contributed by atoms with Gasteiger partial charge in [0.2, 0.25) is 17.9 Å². The Balaban J connectivity index is 1.71. The largest absolute Gasteiger partial charge is 0.495 e. The van der Waals surface area contributed by atoms with Crippen LogP contribution in [0.5, 0.6) is 5.75 Å². The molecule has 2 aliphatic rings. The van der Waals surface area contributed by atoms with Crippen molar-refractivity contribution in [2.24, 2.45) is 0 Å². The summed E-state index contributed by atoms with van der Waals surface area (Å²) in [5.41, 5.74) is 9.24. The number of aryl methyl sites for hydroxylation is 2. The minimum Gasteiger partial charge on any atom is -0.495 e. The van der Waals surface area contributed by atoms with Gasteiger partial charge in [-0.15, -0.1) is 0 Å². The highest BCUT2D eigenvalue weighted by atomic mass is 32.2. The van der Waals surface area contributed by atoms with E-state index in [4.69, 9.17) is 9.84 Å². The van der Waals surface area contributed by atoms with E-state index in [9.17, 15) is 22.6 Å². The number of aromatic nitrogens is 1. The average molecular weight is 586 g/mol. The van der Waals surface area contributed by atoms with E-state index in [-0.39, 0.29) is 17.2 Å². The van der Waals surface area contributed by atoms with Gasteiger partial charge in [0, 0.05) is 27.8 Å². The van der Waals surface area contributed by atoms with Gasteiger partial charge in [-0.05, 0) is 66.6 Å². The molecular formula is C32H29N2O7S+. The Bertz CT molecular complexity index is 1810. The maximum absolute atomic E-state index is 13.2. The molecule has 1 aromatic heterocycles. The maximum Gasteiger partial charge on any atom is 0.322 e. The molecule has 1 amide bonds. The molecule has 1 heterocycles. The van der Waals surface area contributed by atoms with Crippen LogP contribution in [0, 0.1) is 0 Å². The zero-order chi connectivity index (χ0) is 29.6. The topological polar surface area (TPSA) is 134 Å². The molecule has 42 heavy (non-hydrogen) atoms. The van der Waals surface area contributed by atoms with Crippen molar-refractivity contribution in [3.63, 3.8) is 0 Å². The van der Waals surface area contributed by atoms with Gasteiger partial charge in [0.15, 0.2) is 0 Å². The summed E-state index contributed by atoms with van der Waals surface area (Å²) in [6, 6.07) is 20.8. The van der Waals surface area contributed by atoms with E-state index >= 15 is 0 Å². The number of aliphatic carboxylic acids is 1. The van der Waals surface area contributed by atoms with Crippen LogP contribution in [-0.4, -0.2) is 43.6 Å². The van der Waals surface area contributed by atoms with Crippen LogP contribution in [0.1, 0.15) is 22.3 Å². The molecule has 3 aromatic carbocycles. The lowest BCUT2D eigenvalue weighted by Gasteiger charge is -2.28. The number of nitrogens with one attached hydrogen (secondary N) is 1. The molecule has 6 rings (SSSR count). The molecule has 0 bridgehead atoms. The Morgan fingerprint density at radius 3 is 1.98 bits per heavy atom. The summed E-state index contributed by atoms with van der Waals surface area (Å²) in [6.07, 6.45) is 2.78. The normalized spacial score (nSPS) is 13.3. The first-order valence-electron chi connectivity index (χ1n) is 13.6. The molecule has 2 aliphatic carbocycles. The van der Waals surface area contributed by atoms with Gasteiger partial charge in [-0.2, -0.15) is 13.0 Å². The maximum atomic E-state index is 13.2. The van der Waals surface area contributed by atoms with E-state index < -0.39 is 28.5 Å². The van der Waals surface area contributed by atoms with Gasteiger partial charge >= 0.3 is 5.97 Å². The van der Waals surface area contributed by atoms with Crippen molar-refractivity contribution < 1.29 is 37.0 Å². The molecule has 10 heteroatoms. The lowest BCUT2D eigenvalue weighted by molar-refractivity contribution is -0.663. The number of carbonyl (C=O) groups excluding carboxylic acids is 1. The van der Waals surface area contributed by atoms with Crippen LogP contribution in [-0.2, 0) is 51.9 Å². The Labute approximate surface area is 243 Å². The Morgan fingerprint density at radius 1 is 0.881 bits per heavy atom. The number of methoxy groups -OCH3 is 1. The van der Waals surface area contributed by atoms with Crippen molar-refractivity contribution in [3.05, 3.63) is 89.0 Å². The first-order chi connectivity index (χ1) is 20.2. The summed E-state index contributed by atoms with van der Waals surface area (Å²) in [6.45, 7) is -0.584. The number of ether oxygens (including phenoxy) is 1. The van der Waals surface area contributed by atoms with Gasteiger partial charge in [-0.25, -0.2) is 0 Å². The third-order valence-corrected chi connectivity index (χ3v) is 8.89. The van der Waals surface area contributed by atoms with E-state index in [1.165, 1.54) is 13.2 Å². The molecule has 0 fully saturated rings. The fourth-order valence-electron chi connectivity index (χ4n) is 6.33. The van der Waals surface area contributed by atoms with Crippen molar-refractivity contribution in [1.82, 2.24) is 5.32 Å². The Morgan fingerprint density at radius 2 is 1.45 bits per heavy atom. The average Bonchev–Trinajstić information content (AvgIpc) is 2.98. The SMILES string of the molecule is COc1ccc(-c2c3c([n+](CC(=O)NCC(=O)O)c4c2CCc2ccccc2-4)-c2ccccc2CC3)cc1S(=O)(=O)O. The zero-order valence-electron chi connectivity index (χ0n) is 22.9. The number of pyridine rings is 1. The van der Waals surface area contributed by atoms with Crippen molar-refractivity contribution >= 4 is 22.0 Å². The molecule has 3 N–H and O–H groups in total. The number of hydrogen-bond donors (Lipinski definition) is 3. The van der Waals surface area contributed by atoms with Crippen molar-refractivity contribution in [2.45, 2.75) is 37.1 Å². The second kappa shape index (κ2) is 10.7. The number of fused-ring (bicyclic) bond motifs is 6. The van der Waals surface area contributed by atoms with Crippen LogP contribution in [0.4, 0.5) is 0 Å². The zero-order valence-corrected chi connectivity index (χ0v) is 23.7. The van der Waals surface area contributed by atoms with E-state index in [1.807, 2.05) is 41.0 Å². The predicted octanol–water partition coefficient (Wildman–Crippen LogP) is 3.63. The number of nitrogens with zero attached hydrogens (tertiary/aromatic N) is 1. The minimum atomic E-state index is -4.58. The van der Waals surface area contributed by atoms with Gasteiger partial charge in [-0.1, -0.05) is 42.5 Å². The minimum absolute atomic E-state index is 0.0424. The molecule has 0 atom stereocenters. The highest BCUT2D eigenvalue weighted by Gasteiger charge is 2.38. The summed E-state index contributed by atoms with van der Waals surface area (Å²) >= 11 is 0. The summed E-state index contributed by atoms with van der Waals surface area (Å²) in [4.78, 5) is 24.1. The molecule has 0 spiro atoms. The quantitative estimate of drug-likeness (QED) is 0.223. The van der Waals surface area contributed by atoms with E-state index in [1.54, 1.807) is 12.1 Å². The fourth-order valence-corrected chi connectivity index (χ4v) is 7.01. The molecule has 0 unspecified atom stereocenters. The van der Waals surface area contributed by atoms with Gasteiger partial charge in [-0.3, -0.25) is 14.1 Å². The summed E-state index contributed by atoms with van der Waals surface area (Å²) in [5, 5.41) is 11.7. The molecular weight excluding hydrogens is 556 g/mol. The third kappa shape index (κ3) is 4.82. The molecule has 0 aliphatic heterocycles. The molecule has 4 aromatic rings. The Kier molecular flexibility index (Phi) is 7.04. The summed E-state index contributed by atoms with van der Waals surface area (Å²) < 4.78 is 42.0. The number of carboxylic acid groups (broad SMARTS) is 1. The van der Waals surface area contributed by atoms with Crippen LogP contribution in [0.3, 0.4) is 0 Å². The second-order valence-electron chi connectivity index (χ2n) is 10.4. The van der Waals surface area contributed by atoms with Crippen LogP contribution >= 0.6 is 0 Å². The van der Waals surface area contributed by atoms with Gasteiger partial charge in [0.25, 0.3) is 16.0 Å². The number of carboxylic acids is 1. The highest BCUT2D eigenvalue weighted by Crippen LogP contribution is 2.45. The smallest absolute Gasteiger partial charge is 0.322 e. The number of rotatable bonds is 7. The van der Waals surface area contributed by atoms with Crippen molar-refractivity contribution in [2.75, 3.05) is 13.7 Å². The van der Waals surface area contributed by atoms with Gasteiger partial charge in [0.1, 0.15) is 17.2 Å². The molecule has 0 saturated carbocycles. The van der Waals surface area contributed by atoms with E-state index in [0.717, 1.165) is 63.2 Å². The number of benzene rings is 3. The van der Waals surface area contributed by atoms with E-state index in [2.05, 4.69) is 17.4 Å². The fraction of sp³-hybridized carbons (Fsp3) is 0.219. The third-order valence-electron chi connectivity index (χ3n) is 8.02. The second-order valence-corrected chi connectivity index (χ2v) is 11.8. The van der Waals surface area contributed by atoms with Gasteiger partial charge < -0.3 is 15.2 Å². The van der Waals surface area contributed by atoms with Gasteiger partial charge in [0.05, 0.1) is 7.11 Å². The van der Waals surface area contributed by atoms with Crippen LogP contribution in [0.25, 0.3) is 33.6 Å². The molecule has 214 valence electrons. The van der Waals surface area contributed by atoms with Crippen molar-refractivity contribution in [1.29, 1.82) is 0 Å². The molecule has 9 nitrogen and oxygen atoms in total. The van der Waals surface area contributed by atoms with Crippen molar-refractivity contribution in [3.8, 4) is 39.4 Å². The molecule has 0 radical (unpaired) electrons. The number of hydrogen-bond acceptors (Lipinski definition) is 5. The Hall–Kier alpha value is -4.54. The first-order valence-corrected chi connectivity index (χ1v) is 15.0. The highest BCUT2D eigenvalue weighted by molar-refractivity contribution is 7.86. The van der Waals surface area contributed by atoms with Crippen LogP contribution < -0.4 is 14.6 Å². The lowest BCUT2D eigenvalue weighted by atomic mass is 9.77. The summed E-state index contributed by atoms with van der Waals surface area (Å²) in [5.74, 6) is -1.51. The molecule has 0 saturated heterocycles.